The van der Waals surface area contributed by atoms with Crippen LogP contribution < -0.4 is 9.47 Å². The van der Waals surface area contributed by atoms with E-state index in [9.17, 15) is 9.90 Å². The molecule has 5 nitrogen and oxygen atoms in total. The highest BCUT2D eigenvalue weighted by Gasteiger charge is 2.41. The van der Waals surface area contributed by atoms with Crippen LogP contribution in [0.3, 0.4) is 0 Å². The Balaban J connectivity index is 2.45. The van der Waals surface area contributed by atoms with E-state index in [-0.39, 0.29) is 5.56 Å². The predicted octanol–water partition coefficient (Wildman–Crippen LogP) is 1.47. The first-order valence-corrected chi connectivity index (χ1v) is 5.69. The van der Waals surface area contributed by atoms with E-state index >= 15 is 0 Å². The van der Waals surface area contributed by atoms with Crippen molar-refractivity contribution in [1.29, 1.82) is 0 Å². The second kappa shape index (κ2) is 4.49. The molecule has 0 radical (unpaired) electrons. The summed E-state index contributed by atoms with van der Waals surface area (Å²) in [6.07, 6.45) is 1.85. The van der Waals surface area contributed by atoms with Crippen molar-refractivity contribution in [2.24, 2.45) is 0 Å². The molecule has 1 fully saturated rings. The largest absolute Gasteiger partial charge is 0.493 e. The van der Waals surface area contributed by atoms with Crippen LogP contribution in [-0.2, 0) is 6.42 Å². The fourth-order valence-electron chi connectivity index (χ4n) is 1.97. The summed E-state index contributed by atoms with van der Waals surface area (Å²) in [5.74, 6) is -0.167. The molecule has 1 aromatic rings. The van der Waals surface area contributed by atoms with E-state index in [0.717, 1.165) is 12.8 Å². The van der Waals surface area contributed by atoms with Gasteiger partial charge < -0.3 is 19.7 Å². The second-order valence-corrected chi connectivity index (χ2v) is 4.58. The number of hydrogen-bond donors (Lipinski definition) is 2. The number of carboxylic acids is 1. The summed E-state index contributed by atoms with van der Waals surface area (Å²) in [4.78, 5) is 11.0. The standard InChI is InChI=1S/C13H16O5/c1-17-10-6-8(12(14)15)5-9(11(10)18-2)7-13(16)3-4-13/h5-6,16H,3-4,7H2,1-2H3,(H,14,15). The van der Waals surface area contributed by atoms with E-state index in [4.69, 9.17) is 14.6 Å². The Bertz CT molecular complexity index is 477. The molecule has 1 aromatic carbocycles. The van der Waals surface area contributed by atoms with Gasteiger partial charge in [-0.25, -0.2) is 4.79 Å². The summed E-state index contributed by atoms with van der Waals surface area (Å²) in [7, 11) is 2.96. The molecule has 0 spiro atoms. The molecule has 18 heavy (non-hydrogen) atoms. The molecule has 0 aromatic heterocycles. The molecule has 98 valence electrons. The van der Waals surface area contributed by atoms with Gasteiger partial charge in [-0.1, -0.05) is 0 Å². The molecular weight excluding hydrogens is 236 g/mol. The fraction of sp³-hybridized carbons (Fsp3) is 0.462. The van der Waals surface area contributed by atoms with Crippen LogP contribution in [0.2, 0.25) is 0 Å². The van der Waals surface area contributed by atoms with Crippen molar-refractivity contribution in [2.45, 2.75) is 24.9 Å². The average molecular weight is 252 g/mol. The smallest absolute Gasteiger partial charge is 0.335 e. The Labute approximate surface area is 105 Å². The lowest BCUT2D eigenvalue weighted by Gasteiger charge is -2.16. The van der Waals surface area contributed by atoms with E-state index in [0.29, 0.717) is 23.5 Å². The monoisotopic (exact) mass is 252 g/mol. The third-order valence-corrected chi connectivity index (χ3v) is 3.15. The van der Waals surface area contributed by atoms with Crippen LogP contribution in [0.15, 0.2) is 12.1 Å². The van der Waals surface area contributed by atoms with Crippen LogP contribution in [0.1, 0.15) is 28.8 Å². The number of rotatable bonds is 5. The van der Waals surface area contributed by atoms with E-state index in [1.807, 2.05) is 0 Å². The van der Waals surface area contributed by atoms with E-state index in [1.165, 1.54) is 26.4 Å². The summed E-state index contributed by atoms with van der Waals surface area (Å²) in [5, 5.41) is 19.0. The Morgan fingerprint density at radius 2 is 2.00 bits per heavy atom. The maximum Gasteiger partial charge on any atom is 0.335 e. The highest BCUT2D eigenvalue weighted by molar-refractivity contribution is 5.89. The van der Waals surface area contributed by atoms with Gasteiger partial charge in [-0.05, 0) is 25.0 Å². The maximum absolute atomic E-state index is 11.0. The van der Waals surface area contributed by atoms with Crippen LogP contribution >= 0.6 is 0 Å². The van der Waals surface area contributed by atoms with E-state index in [1.54, 1.807) is 0 Å². The van der Waals surface area contributed by atoms with Gasteiger partial charge >= 0.3 is 5.97 Å². The van der Waals surface area contributed by atoms with Crippen LogP contribution in [0.5, 0.6) is 11.5 Å². The number of carbonyl (C=O) groups is 1. The van der Waals surface area contributed by atoms with Crippen molar-refractivity contribution >= 4 is 5.97 Å². The van der Waals surface area contributed by atoms with Gasteiger partial charge in [0.1, 0.15) is 0 Å². The lowest BCUT2D eigenvalue weighted by Crippen LogP contribution is -2.13. The molecule has 1 saturated carbocycles. The number of carboxylic acid groups (broad SMARTS) is 1. The number of methoxy groups -OCH3 is 2. The van der Waals surface area contributed by atoms with Gasteiger partial charge in [0.05, 0.1) is 25.4 Å². The Hall–Kier alpha value is -1.75. The summed E-state index contributed by atoms with van der Waals surface area (Å²) in [5.41, 5.74) is 0.0799. The Morgan fingerprint density at radius 3 is 2.44 bits per heavy atom. The van der Waals surface area contributed by atoms with E-state index in [2.05, 4.69) is 0 Å². The Morgan fingerprint density at radius 1 is 1.33 bits per heavy atom. The molecule has 0 bridgehead atoms. The fourth-order valence-corrected chi connectivity index (χ4v) is 1.97. The highest BCUT2D eigenvalue weighted by atomic mass is 16.5. The normalized spacial score (nSPS) is 16.2. The second-order valence-electron chi connectivity index (χ2n) is 4.58. The molecule has 2 rings (SSSR count). The molecular formula is C13H16O5. The lowest BCUT2D eigenvalue weighted by atomic mass is 10.0. The Kier molecular flexibility index (Phi) is 3.17. The minimum atomic E-state index is -1.03. The molecule has 5 heteroatoms. The summed E-state index contributed by atoms with van der Waals surface area (Å²) in [6, 6.07) is 2.95. The van der Waals surface area contributed by atoms with Crippen LogP contribution in [-0.4, -0.2) is 36.0 Å². The zero-order chi connectivity index (χ0) is 13.3. The lowest BCUT2D eigenvalue weighted by molar-refractivity contribution is 0.0695. The molecule has 0 saturated heterocycles. The van der Waals surface area contributed by atoms with Gasteiger partial charge in [-0.3, -0.25) is 0 Å². The van der Waals surface area contributed by atoms with Gasteiger partial charge in [0.2, 0.25) is 0 Å². The average Bonchev–Trinajstić information content (AvgIpc) is 3.05. The highest BCUT2D eigenvalue weighted by Crippen LogP contribution is 2.42. The first kappa shape index (κ1) is 12.7. The molecule has 1 aliphatic carbocycles. The van der Waals surface area contributed by atoms with Gasteiger partial charge in [-0.15, -0.1) is 0 Å². The molecule has 0 unspecified atom stereocenters. The van der Waals surface area contributed by atoms with Gasteiger partial charge in [0, 0.05) is 12.0 Å². The maximum atomic E-state index is 11.0. The first-order valence-electron chi connectivity index (χ1n) is 5.69. The summed E-state index contributed by atoms with van der Waals surface area (Å²) < 4.78 is 10.4. The number of ether oxygens (including phenoxy) is 2. The van der Waals surface area contributed by atoms with Gasteiger partial charge in [0.15, 0.2) is 11.5 Å². The molecule has 0 aliphatic heterocycles. The summed E-state index contributed by atoms with van der Waals surface area (Å²) in [6.45, 7) is 0. The van der Waals surface area contributed by atoms with Crippen LogP contribution in [0.4, 0.5) is 0 Å². The third kappa shape index (κ3) is 2.41. The number of aliphatic hydroxyl groups is 1. The predicted molar refractivity (Wildman–Crippen MR) is 64.4 cm³/mol. The SMILES string of the molecule is COc1cc(C(=O)O)cc(CC2(O)CC2)c1OC. The number of hydrogen-bond acceptors (Lipinski definition) is 4. The topological polar surface area (TPSA) is 76.0 Å². The van der Waals surface area contributed by atoms with Crippen molar-refractivity contribution in [2.75, 3.05) is 14.2 Å². The van der Waals surface area contributed by atoms with Crippen molar-refractivity contribution in [3.63, 3.8) is 0 Å². The van der Waals surface area contributed by atoms with Crippen LogP contribution in [0.25, 0.3) is 0 Å². The third-order valence-electron chi connectivity index (χ3n) is 3.15. The van der Waals surface area contributed by atoms with Gasteiger partial charge in [0.25, 0.3) is 0 Å². The zero-order valence-electron chi connectivity index (χ0n) is 10.4. The zero-order valence-corrected chi connectivity index (χ0v) is 10.4. The van der Waals surface area contributed by atoms with Crippen LogP contribution in [0, 0.1) is 0 Å². The summed E-state index contributed by atoms with van der Waals surface area (Å²) >= 11 is 0. The number of benzene rings is 1. The van der Waals surface area contributed by atoms with Crippen molar-refractivity contribution in [3.8, 4) is 11.5 Å². The minimum absolute atomic E-state index is 0.131. The molecule has 0 amide bonds. The minimum Gasteiger partial charge on any atom is -0.493 e. The molecule has 2 N–H and O–H groups in total. The van der Waals surface area contributed by atoms with E-state index < -0.39 is 11.6 Å². The van der Waals surface area contributed by atoms with Gasteiger partial charge in [-0.2, -0.15) is 0 Å². The quantitative estimate of drug-likeness (QED) is 0.830. The molecule has 0 heterocycles. The number of aromatic carboxylic acids is 1. The first-order chi connectivity index (χ1) is 8.49. The van der Waals surface area contributed by atoms with Crippen molar-refractivity contribution in [3.05, 3.63) is 23.3 Å². The molecule has 0 atom stereocenters. The molecule has 1 aliphatic rings. The van der Waals surface area contributed by atoms with Crippen molar-refractivity contribution < 1.29 is 24.5 Å². The van der Waals surface area contributed by atoms with Crippen molar-refractivity contribution in [1.82, 2.24) is 0 Å².